The number of piperidine rings is 1. The molecule has 0 radical (unpaired) electrons. The molecule has 2 amide bonds. The van der Waals surface area contributed by atoms with Crippen LogP contribution in [0.2, 0.25) is 0 Å². The van der Waals surface area contributed by atoms with Gasteiger partial charge in [0.05, 0.1) is 24.4 Å². The van der Waals surface area contributed by atoms with Crippen LogP contribution in [0, 0.1) is 13.8 Å². The fraction of sp³-hybridized carbons (Fsp3) is 0.667. The van der Waals surface area contributed by atoms with Crippen molar-refractivity contribution in [2.75, 3.05) is 19.6 Å². The van der Waals surface area contributed by atoms with E-state index in [4.69, 9.17) is 4.42 Å². The molecule has 1 aliphatic carbocycles. The summed E-state index contributed by atoms with van der Waals surface area (Å²) in [5, 5.41) is 18.1. The molecule has 2 atom stereocenters. The third-order valence-electron chi connectivity index (χ3n) is 8.07. The topological polar surface area (TPSA) is 104 Å². The Morgan fingerprint density at radius 3 is 2.56 bits per heavy atom. The zero-order chi connectivity index (χ0) is 25.2. The SMILES string of the molecule is Cc1cc(C)n(Cc2ccc(C(=O)N3CCC(N4C[C@H](O)C[C@H]4C(=O)NC4CCCCC4)CC3)o2)n1. The first-order valence-electron chi connectivity index (χ1n) is 13.5. The number of aryl methyl sites for hydroxylation is 2. The van der Waals surface area contributed by atoms with E-state index in [1.54, 1.807) is 6.07 Å². The Labute approximate surface area is 212 Å². The van der Waals surface area contributed by atoms with Crippen molar-refractivity contribution in [2.24, 2.45) is 0 Å². The van der Waals surface area contributed by atoms with Crippen LogP contribution in [0.5, 0.6) is 0 Å². The van der Waals surface area contributed by atoms with Gasteiger partial charge in [-0.15, -0.1) is 0 Å². The first-order chi connectivity index (χ1) is 17.4. The third kappa shape index (κ3) is 5.52. The van der Waals surface area contributed by atoms with Crippen LogP contribution in [-0.4, -0.2) is 80.4 Å². The summed E-state index contributed by atoms with van der Waals surface area (Å²) < 4.78 is 7.75. The zero-order valence-electron chi connectivity index (χ0n) is 21.5. The lowest BCUT2D eigenvalue weighted by Crippen LogP contribution is -2.53. The van der Waals surface area contributed by atoms with Gasteiger partial charge in [0.25, 0.3) is 5.91 Å². The van der Waals surface area contributed by atoms with Crippen molar-refractivity contribution in [3.63, 3.8) is 0 Å². The van der Waals surface area contributed by atoms with Gasteiger partial charge in [0.1, 0.15) is 5.76 Å². The third-order valence-corrected chi connectivity index (χ3v) is 8.07. The smallest absolute Gasteiger partial charge is 0.289 e. The summed E-state index contributed by atoms with van der Waals surface area (Å²) >= 11 is 0. The van der Waals surface area contributed by atoms with Crippen LogP contribution in [0.3, 0.4) is 0 Å². The Balaban J connectivity index is 1.15. The van der Waals surface area contributed by atoms with Gasteiger partial charge in [-0.1, -0.05) is 19.3 Å². The van der Waals surface area contributed by atoms with E-state index in [2.05, 4.69) is 15.3 Å². The summed E-state index contributed by atoms with van der Waals surface area (Å²) in [5.41, 5.74) is 2.01. The highest BCUT2D eigenvalue weighted by atomic mass is 16.4. The minimum absolute atomic E-state index is 0.0580. The van der Waals surface area contributed by atoms with Gasteiger partial charge >= 0.3 is 0 Å². The van der Waals surface area contributed by atoms with E-state index in [-0.39, 0.29) is 29.9 Å². The van der Waals surface area contributed by atoms with Crippen LogP contribution in [0.15, 0.2) is 22.6 Å². The largest absolute Gasteiger partial charge is 0.454 e. The number of aromatic nitrogens is 2. The Bertz CT molecular complexity index is 1060. The highest BCUT2D eigenvalue weighted by molar-refractivity contribution is 5.91. The summed E-state index contributed by atoms with van der Waals surface area (Å²) in [5.74, 6) is 1.02. The van der Waals surface area contributed by atoms with E-state index in [1.165, 1.54) is 19.3 Å². The van der Waals surface area contributed by atoms with Crippen LogP contribution in [-0.2, 0) is 11.3 Å². The van der Waals surface area contributed by atoms with Crippen molar-refractivity contribution in [3.8, 4) is 0 Å². The van der Waals surface area contributed by atoms with Gasteiger partial charge in [0.2, 0.25) is 5.91 Å². The summed E-state index contributed by atoms with van der Waals surface area (Å²) in [4.78, 5) is 30.2. The van der Waals surface area contributed by atoms with E-state index in [0.29, 0.717) is 44.1 Å². The number of rotatable bonds is 6. The van der Waals surface area contributed by atoms with Crippen LogP contribution in [0.25, 0.3) is 0 Å². The number of aliphatic hydroxyl groups is 1. The quantitative estimate of drug-likeness (QED) is 0.636. The van der Waals surface area contributed by atoms with Gasteiger partial charge in [-0.05, 0) is 64.2 Å². The first kappa shape index (κ1) is 25.0. The molecule has 5 rings (SSSR count). The number of aliphatic hydroxyl groups excluding tert-OH is 1. The number of furan rings is 1. The van der Waals surface area contributed by atoms with Crippen molar-refractivity contribution in [1.82, 2.24) is 24.9 Å². The van der Waals surface area contributed by atoms with Crippen molar-refractivity contribution in [2.45, 2.75) is 96.0 Å². The molecule has 0 unspecified atom stereocenters. The van der Waals surface area contributed by atoms with Gasteiger partial charge in [0, 0.05) is 37.4 Å². The lowest BCUT2D eigenvalue weighted by molar-refractivity contribution is -0.127. The van der Waals surface area contributed by atoms with E-state index in [0.717, 1.165) is 37.1 Å². The summed E-state index contributed by atoms with van der Waals surface area (Å²) in [6, 6.07) is 5.78. The summed E-state index contributed by atoms with van der Waals surface area (Å²) in [6.45, 7) is 6.20. The Hall–Kier alpha value is -2.65. The predicted molar refractivity (Wildman–Crippen MR) is 135 cm³/mol. The fourth-order valence-corrected chi connectivity index (χ4v) is 6.16. The maximum Gasteiger partial charge on any atom is 0.289 e. The minimum atomic E-state index is -0.476. The molecular formula is C27H39N5O4. The molecule has 2 saturated heterocycles. The standard InChI is InChI=1S/C27H39N5O4/c1-18-14-19(2)32(29-18)17-23-8-9-25(36-23)27(35)30-12-10-21(11-13-30)31-16-22(33)15-24(31)26(34)28-20-6-4-3-5-7-20/h8-9,14,20-22,24,33H,3-7,10-13,15-17H2,1-2H3,(H,28,34)/t22-,24+/m1/s1. The maximum atomic E-state index is 13.1. The molecule has 2 aromatic rings. The molecular weight excluding hydrogens is 458 g/mol. The number of hydrogen-bond donors (Lipinski definition) is 2. The highest BCUT2D eigenvalue weighted by Crippen LogP contribution is 2.28. The van der Waals surface area contributed by atoms with Crippen molar-refractivity contribution in [3.05, 3.63) is 41.1 Å². The molecule has 2 aromatic heterocycles. The predicted octanol–water partition coefficient (Wildman–Crippen LogP) is 2.63. The van der Waals surface area contributed by atoms with Crippen LogP contribution in [0.1, 0.15) is 79.1 Å². The fourth-order valence-electron chi connectivity index (χ4n) is 6.16. The van der Waals surface area contributed by atoms with E-state index < -0.39 is 6.10 Å². The van der Waals surface area contributed by atoms with E-state index in [1.807, 2.05) is 35.6 Å². The van der Waals surface area contributed by atoms with Gasteiger partial charge in [-0.3, -0.25) is 19.2 Å². The van der Waals surface area contributed by atoms with Crippen LogP contribution < -0.4 is 5.32 Å². The number of likely N-dealkylation sites (tertiary alicyclic amines) is 2. The Morgan fingerprint density at radius 2 is 1.86 bits per heavy atom. The molecule has 4 heterocycles. The second kappa shape index (κ2) is 10.8. The first-order valence-corrected chi connectivity index (χ1v) is 13.5. The van der Waals surface area contributed by atoms with Gasteiger partial charge in [-0.25, -0.2) is 0 Å². The lowest BCUT2D eigenvalue weighted by Gasteiger charge is -2.39. The molecule has 3 aliphatic rings. The number of nitrogens with zero attached hydrogens (tertiary/aromatic N) is 4. The Kier molecular flexibility index (Phi) is 7.48. The van der Waals surface area contributed by atoms with Crippen molar-refractivity contribution < 1.29 is 19.1 Å². The lowest BCUT2D eigenvalue weighted by atomic mass is 9.95. The summed E-state index contributed by atoms with van der Waals surface area (Å²) in [6.07, 6.45) is 7.28. The van der Waals surface area contributed by atoms with Crippen molar-refractivity contribution in [1.29, 1.82) is 0 Å². The molecule has 2 aliphatic heterocycles. The van der Waals surface area contributed by atoms with E-state index in [9.17, 15) is 14.7 Å². The molecule has 3 fully saturated rings. The van der Waals surface area contributed by atoms with Gasteiger partial charge in [-0.2, -0.15) is 5.10 Å². The number of nitrogens with one attached hydrogen (secondary N) is 1. The molecule has 1 saturated carbocycles. The molecule has 9 heteroatoms. The minimum Gasteiger partial charge on any atom is -0.454 e. The maximum absolute atomic E-state index is 13.1. The van der Waals surface area contributed by atoms with Gasteiger partial charge in [0.15, 0.2) is 5.76 Å². The number of carbonyl (C=O) groups is 2. The number of carbonyl (C=O) groups excluding carboxylic acids is 2. The molecule has 196 valence electrons. The van der Waals surface area contributed by atoms with Gasteiger partial charge < -0.3 is 19.7 Å². The number of hydrogen-bond acceptors (Lipinski definition) is 6. The van der Waals surface area contributed by atoms with E-state index >= 15 is 0 Å². The average molecular weight is 498 g/mol. The number of β-amino-alcohol motifs (C(OH)–C–C–N with tert-alkyl or cyclic N) is 1. The second-order valence-electron chi connectivity index (χ2n) is 10.8. The average Bonchev–Trinajstić information content (AvgIpc) is 3.58. The molecule has 36 heavy (non-hydrogen) atoms. The molecule has 9 nitrogen and oxygen atoms in total. The molecule has 0 aromatic carbocycles. The molecule has 2 N–H and O–H groups in total. The van der Waals surface area contributed by atoms with Crippen molar-refractivity contribution >= 4 is 11.8 Å². The number of amides is 2. The second-order valence-corrected chi connectivity index (χ2v) is 10.8. The monoisotopic (exact) mass is 497 g/mol. The Morgan fingerprint density at radius 1 is 1.11 bits per heavy atom. The summed E-state index contributed by atoms with van der Waals surface area (Å²) in [7, 11) is 0. The normalized spacial score (nSPS) is 24.4. The molecule has 0 spiro atoms. The highest BCUT2D eigenvalue weighted by Gasteiger charge is 2.41. The zero-order valence-corrected chi connectivity index (χ0v) is 21.5. The van der Waals surface area contributed by atoms with Crippen LogP contribution >= 0.6 is 0 Å². The van der Waals surface area contributed by atoms with Crippen LogP contribution in [0.4, 0.5) is 0 Å². The molecule has 0 bridgehead atoms.